The van der Waals surface area contributed by atoms with Crippen molar-refractivity contribution in [2.75, 3.05) is 13.2 Å². The fraction of sp³-hybridized carbons (Fsp3) is 0.500. The van der Waals surface area contributed by atoms with Crippen LogP contribution in [0.5, 0.6) is 0 Å². The molecule has 0 aliphatic heterocycles. The van der Waals surface area contributed by atoms with E-state index in [4.69, 9.17) is 9.47 Å². The molecule has 1 aromatic rings. The smallest absolute Gasteiger partial charge is 0.320 e. The first-order valence-electron chi connectivity index (χ1n) is 7.06. The molecular formula is C16H22O4. The number of hydrogen-bond acceptors (Lipinski definition) is 4. The summed E-state index contributed by atoms with van der Waals surface area (Å²) in [5.74, 6) is -1.78. The second kappa shape index (κ2) is 9.13. The van der Waals surface area contributed by atoms with E-state index in [2.05, 4.69) is 0 Å². The summed E-state index contributed by atoms with van der Waals surface area (Å²) in [6, 6.07) is 10.0. The molecule has 0 N–H and O–H groups in total. The number of ether oxygens (including phenoxy) is 2. The molecule has 0 saturated heterocycles. The fourth-order valence-corrected chi connectivity index (χ4v) is 1.87. The van der Waals surface area contributed by atoms with Gasteiger partial charge in [0.05, 0.1) is 13.2 Å². The minimum Gasteiger partial charge on any atom is -0.465 e. The predicted octanol–water partition coefficient (Wildman–Crippen LogP) is 2.75. The van der Waals surface area contributed by atoms with E-state index in [1.54, 1.807) is 13.8 Å². The number of benzene rings is 1. The molecule has 0 bridgehead atoms. The molecule has 1 rings (SSSR count). The van der Waals surface area contributed by atoms with Gasteiger partial charge in [0.25, 0.3) is 0 Å². The Morgan fingerprint density at radius 2 is 1.70 bits per heavy atom. The highest BCUT2D eigenvalue weighted by Crippen LogP contribution is 2.09. The molecule has 1 aromatic carbocycles. The van der Waals surface area contributed by atoms with Crippen LogP contribution in [0.15, 0.2) is 30.3 Å². The quantitative estimate of drug-likeness (QED) is 0.417. The van der Waals surface area contributed by atoms with E-state index < -0.39 is 17.9 Å². The lowest BCUT2D eigenvalue weighted by Crippen LogP contribution is -2.27. The predicted molar refractivity (Wildman–Crippen MR) is 76.1 cm³/mol. The Bertz CT molecular complexity index is 414. The highest BCUT2D eigenvalue weighted by Gasteiger charge is 2.27. The number of hydrogen-bond donors (Lipinski definition) is 0. The zero-order chi connectivity index (χ0) is 14.8. The van der Waals surface area contributed by atoms with Crippen LogP contribution < -0.4 is 0 Å². The number of rotatable bonds is 8. The second-order valence-electron chi connectivity index (χ2n) is 4.47. The average Bonchev–Trinajstić information content (AvgIpc) is 2.46. The van der Waals surface area contributed by atoms with Gasteiger partial charge in [-0.3, -0.25) is 9.59 Å². The summed E-state index contributed by atoms with van der Waals surface area (Å²) < 4.78 is 10.00. The van der Waals surface area contributed by atoms with E-state index in [-0.39, 0.29) is 6.61 Å². The first-order chi connectivity index (χ1) is 9.69. The molecule has 0 aliphatic carbocycles. The lowest BCUT2D eigenvalue weighted by Gasteiger charge is -2.12. The zero-order valence-electron chi connectivity index (χ0n) is 12.1. The summed E-state index contributed by atoms with van der Waals surface area (Å²) in [6.07, 6.45) is 2.00. The molecule has 0 heterocycles. The minimum absolute atomic E-state index is 0.274. The van der Waals surface area contributed by atoms with Gasteiger partial charge in [-0.1, -0.05) is 37.3 Å². The van der Waals surface area contributed by atoms with E-state index in [9.17, 15) is 9.59 Å². The van der Waals surface area contributed by atoms with Crippen LogP contribution in [0.25, 0.3) is 0 Å². The first kappa shape index (κ1) is 16.2. The molecule has 1 unspecified atom stereocenters. The van der Waals surface area contributed by atoms with E-state index in [0.29, 0.717) is 13.0 Å². The largest absolute Gasteiger partial charge is 0.465 e. The summed E-state index contributed by atoms with van der Waals surface area (Å²) >= 11 is 0. The van der Waals surface area contributed by atoms with Gasteiger partial charge in [0.2, 0.25) is 0 Å². The number of esters is 2. The lowest BCUT2D eigenvalue weighted by atomic mass is 10.1. The van der Waals surface area contributed by atoms with E-state index in [0.717, 1.165) is 12.8 Å². The molecule has 0 aromatic heterocycles. The molecule has 110 valence electrons. The summed E-state index contributed by atoms with van der Waals surface area (Å²) in [7, 11) is 0. The van der Waals surface area contributed by atoms with E-state index in [1.807, 2.05) is 30.3 Å². The molecule has 4 nitrogen and oxygen atoms in total. The van der Waals surface area contributed by atoms with Crippen LogP contribution in [0, 0.1) is 5.92 Å². The molecule has 0 saturated carbocycles. The third-order valence-electron chi connectivity index (χ3n) is 2.96. The second-order valence-corrected chi connectivity index (χ2v) is 4.47. The van der Waals surface area contributed by atoms with Crippen molar-refractivity contribution in [3.63, 3.8) is 0 Å². The number of carbonyl (C=O) groups is 2. The topological polar surface area (TPSA) is 52.6 Å². The van der Waals surface area contributed by atoms with E-state index in [1.165, 1.54) is 5.56 Å². The third-order valence-corrected chi connectivity index (χ3v) is 2.96. The molecule has 0 amide bonds. The minimum atomic E-state index is -0.799. The van der Waals surface area contributed by atoms with Crippen molar-refractivity contribution in [1.82, 2.24) is 0 Å². The first-order valence-corrected chi connectivity index (χ1v) is 7.06. The van der Waals surface area contributed by atoms with E-state index >= 15 is 0 Å². The molecule has 0 fully saturated rings. The van der Waals surface area contributed by atoms with Crippen molar-refractivity contribution in [3.8, 4) is 0 Å². The van der Waals surface area contributed by atoms with Gasteiger partial charge in [0.1, 0.15) is 0 Å². The van der Waals surface area contributed by atoms with Gasteiger partial charge in [-0.15, -0.1) is 0 Å². The van der Waals surface area contributed by atoms with Crippen molar-refractivity contribution in [3.05, 3.63) is 35.9 Å². The lowest BCUT2D eigenvalue weighted by molar-refractivity contribution is -0.162. The Labute approximate surface area is 120 Å². The Balaban J connectivity index is 2.29. The van der Waals surface area contributed by atoms with Crippen LogP contribution in [0.4, 0.5) is 0 Å². The summed E-state index contributed by atoms with van der Waals surface area (Å²) in [6.45, 7) is 4.09. The number of aryl methyl sites for hydroxylation is 1. The SMILES string of the molecule is CCOC(=O)C(CC)C(=O)OCCCc1ccccc1. The molecule has 0 spiro atoms. The van der Waals surface area contributed by atoms with Gasteiger partial charge in [-0.05, 0) is 31.7 Å². The molecular weight excluding hydrogens is 256 g/mol. The third kappa shape index (κ3) is 5.43. The molecule has 1 atom stereocenters. The molecule has 0 radical (unpaired) electrons. The van der Waals surface area contributed by atoms with Crippen LogP contribution in [0.3, 0.4) is 0 Å². The van der Waals surface area contributed by atoms with Gasteiger partial charge >= 0.3 is 11.9 Å². The van der Waals surface area contributed by atoms with Crippen molar-refractivity contribution < 1.29 is 19.1 Å². The van der Waals surface area contributed by atoms with Crippen molar-refractivity contribution in [2.45, 2.75) is 33.1 Å². The molecule has 0 aliphatic rings. The Hall–Kier alpha value is -1.84. The monoisotopic (exact) mass is 278 g/mol. The highest BCUT2D eigenvalue weighted by molar-refractivity contribution is 5.94. The van der Waals surface area contributed by atoms with Crippen LogP contribution in [-0.2, 0) is 25.5 Å². The fourth-order valence-electron chi connectivity index (χ4n) is 1.87. The summed E-state index contributed by atoms with van der Waals surface area (Å²) in [5, 5.41) is 0. The van der Waals surface area contributed by atoms with Gasteiger partial charge in [-0.25, -0.2) is 0 Å². The maximum Gasteiger partial charge on any atom is 0.320 e. The maximum absolute atomic E-state index is 11.8. The molecule has 4 heteroatoms. The Kier molecular flexibility index (Phi) is 7.40. The van der Waals surface area contributed by atoms with Crippen LogP contribution in [-0.4, -0.2) is 25.2 Å². The van der Waals surface area contributed by atoms with Crippen molar-refractivity contribution in [1.29, 1.82) is 0 Å². The maximum atomic E-state index is 11.8. The Morgan fingerprint density at radius 3 is 2.30 bits per heavy atom. The van der Waals surface area contributed by atoms with Crippen molar-refractivity contribution >= 4 is 11.9 Å². The van der Waals surface area contributed by atoms with Gasteiger partial charge in [-0.2, -0.15) is 0 Å². The summed E-state index contributed by atoms with van der Waals surface area (Å²) in [5.41, 5.74) is 1.21. The van der Waals surface area contributed by atoms with Crippen molar-refractivity contribution in [2.24, 2.45) is 5.92 Å². The van der Waals surface area contributed by atoms with Gasteiger partial charge in [0.15, 0.2) is 5.92 Å². The standard InChI is InChI=1S/C16H22O4/c1-3-14(15(17)19-4-2)16(18)20-12-8-11-13-9-6-5-7-10-13/h5-7,9-10,14H,3-4,8,11-12H2,1-2H3. The molecule has 20 heavy (non-hydrogen) atoms. The van der Waals surface area contributed by atoms with Crippen LogP contribution in [0.2, 0.25) is 0 Å². The highest BCUT2D eigenvalue weighted by atomic mass is 16.6. The average molecular weight is 278 g/mol. The van der Waals surface area contributed by atoms with Crippen LogP contribution >= 0.6 is 0 Å². The zero-order valence-corrected chi connectivity index (χ0v) is 12.1. The summed E-state index contributed by atoms with van der Waals surface area (Å²) in [4.78, 5) is 23.3. The number of carbonyl (C=O) groups excluding carboxylic acids is 2. The normalized spacial score (nSPS) is 11.7. The Morgan fingerprint density at radius 1 is 1.05 bits per heavy atom. The van der Waals surface area contributed by atoms with Crippen LogP contribution in [0.1, 0.15) is 32.3 Å². The van der Waals surface area contributed by atoms with Gasteiger partial charge in [0, 0.05) is 0 Å². The van der Waals surface area contributed by atoms with Gasteiger partial charge < -0.3 is 9.47 Å².